The maximum absolute atomic E-state index is 6.08. The first-order valence-corrected chi connectivity index (χ1v) is 8.35. The molecule has 0 fully saturated rings. The molecule has 4 heteroatoms. The highest BCUT2D eigenvalue weighted by Gasteiger charge is 2.12. The molecule has 0 aliphatic carbocycles. The lowest BCUT2D eigenvalue weighted by Crippen LogP contribution is -2.03. The molecule has 0 aromatic heterocycles. The van der Waals surface area contributed by atoms with Crippen LogP contribution in [-0.4, -0.2) is 13.3 Å². The lowest BCUT2D eigenvalue weighted by molar-refractivity contribution is 0.282. The maximum atomic E-state index is 6.08. The van der Waals surface area contributed by atoms with Crippen LogP contribution >= 0.6 is 0 Å². The predicted molar refractivity (Wildman–Crippen MR) is 104 cm³/mol. The van der Waals surface area contributed by atoms with Crippen LogP contribution in [0.2, 0.25) is 0 Å². The molecule has 0 heterocycles. The molecule has 2 rings (SSSR count). The molecule has 0 aliphatic rings. The summed E-state index contributed by atoms with van der Waals surface area (Å²) in [6, 6.07) is 12.3. The van der Waals surface area contributed by atoms with Crippen molar-refractivity contribution in [1.82, 2.24) is 0 Å². The van der Waals surface area contributed by atoms with Gasteiger partial charge in [-0.25, -0.2) is 0 Å². The highest BCUT2D eigenvalue weighted by Crippen LogP contribution is 2.34. The van der Waals surface area contributed by atoms with Crippen LogP contribution in [0.5, 0.6) is 11.5 Å². The Hall–Kier alpha value is -2.75. The lowest BCUT2D eigenvalue weighted by Gasteiger charge is -2.16. The van der Waals surface area contributed by atoms with Gasteiger partial charge in [-0.05, 0) is 41.2 Å². The molecule has 2 N–H and O–H groups in total. The number of methoxy groups -OCH3 is 1. The van der Waals surface area contributed by atoms with E-state index in [2.05, 4.69) is 49.8 Å². The van der Waals surface area contributed by atoms with Crippen LogP contribution in [0, 0.1) is 0 Å². The second-order valence-corrected chi connectivity index (χ2v) is 6.17. The second-order valence-electron chi connectivity index (χ2n) is 6.17. The molecule has 0 radical (unpaired) electrons. The van der Waals surface area contributed by atoms with Crippen LogP contribution in [-0.2, 0) is 13.0 Å². The van der Waals surface area contributed by atoms with Crippen molar-refractivity contribution in [3.05, 3.63) is 71.3 Å². The number of rotatable bonds is 8. The maximum Gasteiger partial charge on any atom is 0.165 e. The molecule has 0 bridgehead atoms. The largest absolute Gasteiger partial charge is 0.493 e. The average molecular weight is 338 g/mol. The summed E-state index contributed by atoms with van der Waals surface area (Å²) in [5.74, 6) is 7.17. The second kappa shape index (κ2) is 8.92. The van der Waals surface area contributed by atoms with Gasteiger partial charge in [0.2, 0.25) is 0 Å². The first kappa shape index (κ1) is 18.6. The first-order valence-electron chi connectivity index (χ1n) is 8.35. The third-order valence-corrected chi connectivity index (χ3v) is 3.99. The number of hydrogen-bond acceptors (Lipinski definition) is 4. The minimum absolute atomic E-state index is 0.475. The first-order chi connectivity index (χ1) is 12.1. The van der Waals surface area contributed by atoms with Crippen molar-refractivity contribution < 1.29 is 9.47 Å². The van der Waals surface area contributed by atoms with Gasteiger partial charge in [0.1, 0.15) is 6.61 Å². The molecular formula is C21H26N2O2. The van der Waals surface area contributed by atoms with E-state index < -0.39 is 0 Å². The third-order valence-electron chi connectivity index (χ3n) is 3.99. The normalized spacial score (nSPS) is 11.0. The van der Waals surface area contributed by atoms with Crippen LogP contribution in [0.15, 0.2) is 54.2 Å². The quantitative estimate of drug-likeness (QED) is 0.335. The molecule has 0 spiro atoms. The van der Waals surface area contributed by atoms with E-state index >= 15 is 0 Å². The number of hydrazone groups is 1. The molecular weight excluding hydrogens is 312 g/mol. The fourth-order valence-corrected chi connectivity index (χ4v) is 2.62. The summed E-state index contributed by atoms with van der Waals surface area (Å²) < 4.78 is 11.6. The molecule has 0 saturated heterocycles. The predicted octanol–water partition coefficient (Wildman–Crippen LogP) is 4.42. The van der Waals surface area contributed by atoms with Crippen molar-refractivity contribution in [3.63, 3.8) is 0 Å². The van der Waals surface area contributed by atoms with E-state index in [0.717, 1.165) is 22.4 Å². The standard InChI is InChI=1S/C21H26N2O2/c1-5-6-19-11-17(13-23-22)12-20(24-4)21(19)25-14-16-7-9-18(10-8-16)15(2)3/h5,7-13,15H,1,6,14,22H2,2-4H3. The summed E-state index contributed by atoms with van der Waals surface area (Å²) in [5, 5.41) is 3.58. The number of nitrogens with two attached hydrogens (primary N) is 1. The summed E-state index contributed by atoms with van der Waals surface area (Å²) in [6.45, 7) is 8.66. The van der Waals surface area contributed by atoms with Gasteiger partial charge in [0, 0.05) is 5.56 Å². The minimum Gasteiger partial charge on any atom is -0.493 e. The van der Waals surface area contributed by atoms with Crippen LogP contribution in [0.25, 0.3) is 0 Å². The van der Waals surface area contributed by atoms with Crippen LogP contribution < -0.4 is 15.3 Å². The smallest absolute Gasteiger partial charge is 0.165 e. The van der Waals surface area contributed by atoms with Gasteiger partial charge in [-0.15, -0.1) is 6.58 Å². The van der Waals surface area contributed by atoms with E-state index in [-0.39, 0.29) is 0 Å². The molecule has 2 aromatic carbocycles. The molecule has 4 nitrogen and oxygen atoms in total. The van der Waals surface area contributed by atoms with Crippen LogP contribution in [0.3, 0.4) is 0 Å². The van der Waals surface area contributed by atoms with Gasteiger partial charge in [0.05, 0.1) is 13.3 Å². The van der Waals surface area contributed by atoms with Crippen LogP contribution in [0.4, 0.5) is 0 Å². The fourth-order valence-electron chi connectivity index (χ4n) is 2.62. The number of allylic oxidation sites excluding steroid dienone is 1. The number of hydrogen-bond donors (Lipinski definition) is 1. The van der Waals surface area contributed by atoms with Gasteiger partial charge in [0.15, 0.2) is 11.5 Å². The lowest BCUT2D eigenvalue weighted by atomic mass is 10.0. The van der Waals surface area contributed by atoms with Crippen molar-refractivity contribution in [3.8, 4) is 11.5 Å². The average Bonchev–Trinajstić information content (AvgIpc) is 2.61. The molecule has 0 aliphatic heterocycles. The zero-order valence-electron chi connectivity index (χ0n) is 15.2. The van der Waals surface area contributed by atoms with E-state index in [9.17, 15) is 0 Å². The van der Waals surface area contributed by atoms with E-state index in [1.54, 1.807) is 13.3 Å². The minimum atomic E-state index is 0.475. The molecule has 0 atom stereocenters. The summed E-state index contributed by atoms with van der Waals surface area (Å²) in [7, 11) is 1.63. The van der Waals surface area contributed by atoms with Gasteiger partial charge in [-0.1, -0.05) is 44.2 Å². The zero-order valence-corrected chi connectivity index (χ0v) is 15.2. The SMILES string of the molecule is C=CCc1cc(C=NN)cc(OC)c1OCc1ccc(C(C)C)cc1. The summed E-state index contributed by atoms with van der Waals surface area (Å²) in [6.07, 6.45) is 4.09. The van der Waals surface area contributed by atoms with E-state index in [0.29, 0.717) is 24.7 Å². The van der Waals surface area contributed by atoms with Crippen molar-refractivity contribution in [1.29, 1.82) is 0 Å². The van der Waals surface area contributed by atoms with Gasteiger partial charge in [-0.3, -0.25) is 0 Å². The summed E-state index contributed by atoms with van der Waals surface area (Å²) >= 11 is 0. The number of benzene rings is 2. The van der Waals surface area contributed by atoms with Crippen molar-refractivity contribution in [2.24, 2.45) is 10.9 Å². The van der Waals surface area contributed by atoms with Crippen molar-refractivity contribution >= 4 is 6.21 Å². The Labute approximate surface area is 150 Å². The molecule has 2 aromatic rings. The Bertz CT molecular complexity index is 734. The van der Waals surface area contributed by atoms with Crippen LogP contribution in [0.1, 0.15) is 42.0 Å². The van der Waals surface area contributed by atoms with Gasteiger partial charge in [-0.2, -0.15) is 5.10 Å². The van der Waals surface area contributed by atoms with Crippen molar-refractivity contribution in [2.75, 3.05) is 7.11 Å². The molecule has 25 heavy (non-hydrogen) atoms. The summed E-state index contributed by atoms with van der Waals surface area (Å²) in [4.78, 5) is 0. The highest BCUT2D eigenvalue weighted by atomic mass is 16.5. The molecule has 0 unspecified atom stereocenters. The number of ether oxygens (including phenoxy) is 2. The number of nitrogens with zero attached hydrogens (tertiary/aromatic N) is 1. The van der Waals surface area contributed by atoms with E-state index in [4.69, 9.17) is 15.3 Å². The molecule has 0 saturated carbocycles. The Balaban J connectivity index is 2.25. The Morgan fingerprint density at radius 3 is 2.48 bits per heavy atom. The zero-order chi connectivity index (χ0) is 18.2. The van der Waals surface area contributed by atoms with Gasteiger partial charge < -0.3 is 15.3 Å². The highest BCUT2D eigenvalue weighted by molar-refractivity contribution is 5.81. The topological polar surface area (TPSA) is 56.8 Å². The third kappa shape index (κ3) is 4.86. The van der Waals surface area contributed by atoms with E-state index in [1.807, 2.05) is 18.2 Å². The molecule has 0 amide bonds. The Kier molecular flexibility index (Phi) is 6.63. The summed E-state index contributed by atoms with van der Waals surface area (Å²) in [5.41, 5.74) is 4.29. The van der Waals surface area contributed by atoms with E-state index in [1.165, 1.54) is 5.56 Å². The monoisotopic (exact) mass is 338 g/mol. The Morgan fingerprint density at radius 1 is 1.20 bits per heavy atom. The Morgan fingerprint density at radius 2 is 1.92 bits per heavy atom. The van der Waals surface area contributed by atoms with Crippen molar-refractivity contribution in [2.45, 2.75) is 32.8 Å². The fraction of sp³-hybridized carbons (Fsp3) is 0.286. The van der Waals surface area contributed by atoms with Gasteiger partial charge >= 0.3 is 0 Å². The molecule has 132 valence electrons. The van der Waals surface area contributed by atoms with Gasteiger partial charge in [0.25, 0.3) is 0 Å².